The van der Waals surface area contributed by atoms with Crippen LogP contribution in [0.1, 0.15) is 34.1 Å². The van der Waals surface area contributed by atoms with Crippen molar-refractivity contribution in [2.24, 2.45) is 5.92 Å². The molecule has 2 atom stereocenters. The number of carboxylic acids is 1. The second-order valence-electron chi connectivity index (χ2n) is 5.78. The average molecular weight is 293 g/mol. The average Bonchev–Trinajstić information content (AvgIpc) is 2.72. The van der Waals surface area contributed by atoms with Crippen molar-refractivity contribution < 1.29 is 23.1 Å². The van der Waals surface area contributed by atoms with Gasteiger partial charge in [0.25, 0.3) is 0 Å². The number of ether oxygens (including phenoxy) is 1. The molecule has 1 rings (SSSR count). The van der Waals surface area contributed by atoms with Crippen molar-refractivity contribution in [3.8, 4) is 0 Å². The molecular formula is C12H23NO5S. The number of sulfonamides is 1. The summed E-state index contributed by atoms with van der Waals surface area (Å²) in [4.78, 5) is 11.2. The van der Waals surface area contributed by atoms with E-state index in [1.165, 1.54) is 4.31 Å². The van der Waals surface area contributed by atoms with Gasteiger partial charge in [-0.2, -0.15) is 4.31 Å². The summed E-state index contributed by atoms with van der Waals surface area (Å²) in [7, 11) is -3.56. The number of carbonyl (C=O) groups is 1. The molecule has 0 bridgehead atoms. The van der Waals surface area contributed by atoms with Crippen molar-refractivity contribution in [3.05, 3.63) is 0 Å². The topological polar surface area (TPSA) is 83.9 Å². The maximum Gasteiger partial charge on any atom is 0.310 e. The summed E-state index contributed by atoms with van der Waals surface area (Å²) in [6, 6.07) is -0.610. The molecule has 6 nitrogen and oxygen atoms in total. The first kappa shape index (κ1) is 16.4. The van der Waals surface area contributed by atoms with Gasteiger partial charge in [0.2, 0.25) is 10.0 Å². The van der Waals surface area contributed by atoms with E-state index in [1.807, 2.05) is 6.92 Å². The molecule has 0 radical (unpaired) electrons. The van der Waals surface area contributed by atoms with E-state index in [1.54, 1.807) is 20.8 Å². The number of hydrogen-bond donors (Lipinski definition) is 1. The van der Waals surface area contributed by atoms with Crippen LogP contribution in [0.4, 0.5) is 0 Å². The monoisotopic (exact) mass is 293 g/mol. The lowest BCUT2D eigenvalue weighted by atomic mass is 10.0. The standard InChI is InChI=1S/C12H23NO5S/c1-5-6-13(19(16,17)12(2,3)4)10-8-18-7-9(10)11(14)15/h9-10H,5-8H2,1-4H3,(H,14,15). The number of hydrogen-bond acceptors (Lipinski definition) is 4. The highest BCUT2D eigenvalue weighted by atomic mass is 32.2. The Labute approximate surface area is 114 Å². The van der Waals surface area contributed by atoms with Crippen LogP contribution in [-0.4, -0.2) is 54.3 Å². The summed E-state index contributed by atoms with van der Waals surface area (Å²) < 4.78 is 30.7. The highest BCUT2D eigenvalue weighted by Gasteiger charge is 2.46. The maximum atomic E-state index is 12.6. The molecule has 0 amide bonds. The molecule has 1 N–H and O–H groups in total. The quantitative estimate of drug-likeness (QED) is 0.815. The van der Waals surface area contributed by atoms with Gasteiger partial charge in [-0.1, -0.05) is 6.92 Å². The van der Waals surface area contributed by atoms with Gasteiger partial charge < -0.3 is 9.84 Å². The minimum atomic E-state index is -3.56. The number of nitrogens with zero attached hydrogens (tertiary/aromatic N) is 1. The lowest BCUT2D eigenvalue weighted by Crippen LogP contribution is -2.52. The van der Waals surface area contributed by atoms with Gasteiger partial charge >= 0.3 is 5.97 Å². The van der Waals surface area contributed by atoms with Crippen LogP contribution < -0.4 is 0 Å². The largest absolute Gasteiger partial charge is 0.481 e. The minimum absolute atomic E-state index is 0.0693. The zero-order valence-corrected chi connectivity index (χ0v) is 12.7. The fraction of sp³-hybridized carbons (Fsp3) is 0.917. The first-order chi connectivity index (χ1) is 8.63. The Morgan fingerprint density at radius 1 is 1.37 bits per heavy atom. The van der Waals surface area contributed by atoms with E-state index in [0.29, 0.717) is 13.0 Å². The van der Waals surface area contributed by atoms with Gasteiger partial charge in [0, 0.05) is 6.54 Å². The Hall–Kier alpha value is -0.660. The van der Waals surface area contributed by atoms with Gasteiger partial charge in [-0.3, -0.25) is 4.79 Å². The number of aliphatic carboxylic acids is 1. The zero-order valence-electron chi connectivity index (χ0n) is 11.9. The van der Waals surface area contributed by atoms with E-state index in [2.05, 4.69) is 0 Å². The fourth-order valence-electron chi connectivity index (χ4n) is 2.10. The maximum absolute atomic E-state index is 12.6. The third-order valence-electron chi connectivity index (χ3n) is 3.26. The molecule has 0 aromatic rings. The molecule has 0 aromatic carbocycles. The van der Waals surface area contributed by atoms with Crippen molar-refractivity contribution in [3.63, 3.8) is 0 Å². The Morgan fingerprint density at radius 3 is 2.37 bits per heavy atom. The zero-order chi connectivity index (χ0) is 14.8. The first-order valence-electron chi connectivity index (χ1n) is 6.45. The second kappa shape index (κ2) is 5.76. The molecule has 0 aromatic heterocycles. The lowest BCUT2D eigenvalue weighted by Gasteiger charge is -2.34. The van der Waals surface area contributed by atoms with Gasteiger partial charge in [-0.15, -0.1) is 0 Å². The van der Waals surface area contributed by atoms with Crippen LogP contribution >= 0.6 is 0 Å². The van der Waals surface area contributed by atoms with Gasteiger partial charge in [0.15, 0.2) is 0 Å². The fourth-order valence-corrected chi connectivity index (χ4v) is 3.79. The summed E-state index contributed by atoms with van der Waals surface area (Å²) in [5.41, 5.74) is 0. The normalized spacial score (nSPS) is 24.9. The van der Waals surface area contributed by atoms with Gasteiger partial charge in [0.1, 0.15) is 0 Å². The molecule has 2 unspecified atom stereocenters. The minimum Gasteiger partial charge on any atom is -0.481 e. The second-order valence-corrected chi connectivity index (χ2v) is 8.42. The van der Waals surface area contributed by atoms with Crippen LogP contribution in [-0.2, 0) is 19.6 Å². The molecule has 7 heteroatoms. The third kappa shape index (κ3) is 3.27. The molecule has 1 fully saturated rings. The first-order valence-corrected chi connectivity index (χ1v) is 7.89. The Morgan fingerprint density at radius 2 is 1.95 bits per heavy atom. The third-order valence-corrected chi connectivity index (χ3v) is 5.88. The molecule has 0 aliphatic carbocycles. The van der Waals surface area contributed by atoms with Crippen molar-refractivity contribution in [2.75, 3.05) is 19.8 Å². The van der Waals surface area contributed by atoms with Crippen LogP contribution in [0.25, 0.3) is 0 Å². The van der Waals surface area contributed by atoms with Gasteiger partial charge in [-0.05, 0) is 27.2 Å². The molecular weight excluding hydrogens is 270 g/mol. The van der Waals surface area contributed by atoms with Crippen LogP contribution in [0.2, 0.25) is 0 Å². The van der Waals surface area contributed by atoms with E-state index < -0.39 is 32.7 Å². The van der Waals surface area contributed by atoms with E-state index in [-0.39, 0.29) is 13.2 Å². The number of carboxylic acid groups (broad SMARTS) is 1. The highest BCUT2D eigenvalue weighted by Crippen LogP contribution is 2.28. The highest BCUT2D eigenvalue weighted by molar-refractivity contribution is 7.90. The van der Waals surface area contributed by atoms with Crippen molar-refractivity contribution >= 4 is 16.0 Å². The van der Waals surface area contributed by atoms with Crippen LogP contribution in [0.5, 0.6) is 0 Å². The SMILES string of the molecule is CCCN(C1COCC1C(=O)O)S(=O)(=O)C(C)(C)C. The smallest absolute Gasteiger partial charge is 0.310 e. The van der Waals surface area contributed by atoms with E-state index >= 15 is 0 Å². The summed E-state index contributed by atoms with van der Waals surface area (Å²) >= 11 is 0. The van der Waals surface area contributed by atoms with Crippen molar-refractivity contribution in [1.82, 2.24) is 4.31 Å². The van der Waals surface area contributed by atoms with E-state index in [4.69, 9.17) is 9.84 Å². The molecule has 0 spiro atoms. The van der Waals surface area contributed by atoms with E-state index in [9.17, 15) is 13.2 Å². The van der Waals surface area contributed by atoms with Crippen LogP contribution in [0.15, 0.2) is 0 Å². The summed E-state index contributed by atoms with van der Waals surface area (Å²) in [5, 5.41) is 9.17. The van der Waals surface area contributed by atoms with Crippen molar-refractivity contribution in [2.45, 2.75) is 44.9 Å². The molecule has 19 heavy (non-hydrogen) atoms. The predicted octanol–water partition coefficient (Wildman–Crippen LogP) is 0.926. The van der Waals surface area contributed by atoms with Crippen LogP contribution in [0.3, 0.4) is 0 Å². The predicted molar refractivity (Wildman–Crippen MR) is 71.4 cm³/mol. The summed E-state index contributed by atoms with van der Waals surface area (Å²) in [6.45, 7) is 7.27. The molecule has 0 saturated carbocycles. The molecule has 1 saturated heterocycles. The number of rotatable bonds is 5. The summed E-state index contributed by atoms with van der Waals surface area (Å²) in [6.07, 6.45) is 0.637. The Balaban J connectivity index is 3.11. The molecule has 1 aliphatic rings. The van der Waals surface area contributed by atoms with Crippen molar-refractivity contribution in [1.29, 1.82) is 0 Å². The van der Waals surface area contributed by atoms with Gasteiger partial charge in [0.05, 0.1) is 29.9 Å². The van der Waals surface area contributed by atoms with Gasteiger partial charge in [-0.25, -0.2) is 8.42 Å². The molecule has 1 aliphatic heterocycles. The molecule has 1 heterocycles. The summed E-state index contributed by atoms with van der Waals surface area (Å²) in [5.74, 6) is -1.80. The Kier molecular flexibility index (Phi) is 4.97. The van der Waals surface area contributed by atoms with Crippen LogP contribution in [0, 0.1) is 5.92 Å². The Bertz CT molecular complexity index is 426. The molecule has 112 valence electrons. The lowest BCUT2D eigenvalue weighted by molar-refractivity contribution is -0.142. The van der Waals surface area contributed by atoms with E-state index in [0.717, 1.165) is 0 Å².